The summed E-state index contributed by atoms with van der Waals surface area (Å²) in [5, 5.41) is 2.98. The summed E-state index contributed by atoms with van der Waals surface area (Å²) in [6.45, 7) is 0.503. The Kier molecular flexibility index (Phi) is 5.30. The summed E-state index contributed by atoms with van der Waals surface area (Å²) in [6, 6.07) is 16.2. The van der Waals surface area contributed by atoms with Crippen LogP contribution in [0.1, 0.15) is 31.2 Å². The number of nitrogens with two attached hydrogens (primary N) is 1. The number of carbonyl (C=O) groups excluding carboxylic acids is 1. The number of carbonyl (C=O) groups is 1. The van der Waals surface area contributed by atoms with Crippen molar-refractivity contribution in [2.75, 3.05) is 0 Å². The van der Waals surface area contributed by atoms with Gasteiger partial charge in [0.2, 0.25) is 5.91 Å². The van der Waals surface area contributed by atoms with E-state index in [1.165, 1.54) is 0 Å². The zero-order valence-electron chi connectivity index (χ0n) is 14.5. The Hall–Kier alpha value is -2.37. The van der Waals surface area contributed by atoms with E-state index in [2.05, 4.69) is 20.9 Å². The van der Waals surface area contributed by atoms with Crippen LogP contribution in [0.5, 0.6) is 0 Å². The highest BCUT2D eigenvalue weighted by Crippen LogP contribution is 2.27. The molecule has 136 valence electrons. The molecule has 1 heterocycles. The zero-order valence-corrected chi connectivity index (χ0v) is 15.3. The molecule has 1 amide bonds. The number of hydrogen-bond donors (Lipinski definition) is 2. The highest BCUT2D eigenvalue weighted by atomic mass is 35.5. The quantitative estimate of drug-likeness (QED) is 0.739. The molecule has 26 heavy (non-hydrogen) atoms. The number of nitrogens with one attached hydrogen (secondary N) is 1. The number of halogens is 1. The summed E-state index contributed by atoms with van der Waals surface area (Å²) in [5.41, 5.74) is 9.68. The van der Waals surface area contributed by atoms with Crippen LogP contribution in [0.2, 0.25) is 0 Å². The van der Waals surface area contributed by atoms with Gasteiger partial charge >= 0.3 is 0 Å². The van der Waals surface area contributed by atoms with Gasteiger partial charge in [-0.25, -0.2) is 4.98 Å². The molecule has 0 spiro atoms. The number of aromatic nitrogens is 2. The summed E-state index contributed by atoms with van der Waals surface area (Å²) in [6.07, 6.45) is 5.48. The number of amides is 1. The topological polar surface area (TPSA) is 72.9 Å². The van der Waals surface area contributed by atoms with Gasteiger partial charge in [-0.2, -0.15) is 0 Å². The van der Waals surface area contributed by atoms with E-state index in [4.69, 9.17) is 5.73 Å². The molecule has 0 unspecified atom stereocenters. The summed E-state index contributed by atoms with van der Waals surface area (Å²) >= 11 is 0. The van der Waals surface area contributed by atoms with Crippen LogP contribution in [-0.4, -0.2) is 21.0 Å². The van der Waals surface area contributed by atoms with Crippen molar-refractivity contribution < 1.29 is 4.79 Å². The van der Waals surface area contributed by atoms with Gasteiger partial charge in [0.1, 0.15) is 6.33 Å². The maximum Gasteiger partial charge on any atom is 0.240 e. The van der Waals surface area contributed by atoms with Gasteiger partial charge in [0.15, 0.2) is 0 Å². The second-order valence-electron chi connectivity index (χ2n) is 6.82. The molecule has 0 bridgehead atoms. The zero-order chi connectivity index (χ0) is 17.3. The van der Waals surface area contributed by atoms with E-state index in [0.717, 1.165) is 48.0 Å². The van der Waals surface area contributed by atoms with Crippen LogP contribution in [0.25, 0.3) is 16.7 Å². The smallest absolute Gasteiger partial charge is 0.240 e. The van der Waals surface area contributed by atoms with E-state index in [-0.39, 0.29) is 18.3 Å². The fraction of sp³-hybridized carbons (Fsp3) is 0.300. The van der Waals surface area contributed by atoms with E-state index >= 15 is 0 Å². The van der Waals surface area contributed by atoms with Crippen LogP contribution in [-0.2, 0) is 11.3 Å². The van der Waals surface area contributed by atoms with Crippen LogP contribution >= 0.6 is 12.4 Å². The summed E-state index contributed by atoms with van der Waals surface area (Å²) in [7, 11) is 0. The van der Waals surface area contributed by atoms with Crippen molar-refractivity contribution in [2.24, 2.45) is 5.73 Å². The molecular weight excluding hydrogens is 348 g/mol. The maximum absolute atomic E-state index is 12.3. The number of rotatable bonds is 4. The van der Waals surface area contributed by atoms with Crippen molar-refractivity contribution >= 4 is 29.3 Å². The molecule has 2 aromatic carbocycles. The Morgan fingerprint density at radius 1 is 1.12 bits per heavy atom. The molecular formula is C20H23ClN4O. The minimum Gasteiger partial charge on any atom is -0.350 e. The predicted molar refractivity (Wildman–Crippen MR) is 106 cm³/mol. The fourth-order valence-corrected chi connectivity index (χ4v) is 3.53. The lowest BCUT2D eigenvalue weighted by atomic mass is 9.98. The molecule has 1 aliphatic carbocycles. The van der Waals surface area contributed by atoms with Gasteiger partial charge in [0.25, 0.3) is 0 Å². The van der Waals surface area contributed by atoms with Crippen molar-refractivity contribution in [1.29, 1.82) is 0 Å². The number of benzene rings is 2. The van der Waals surface area contributed by atoms with E-state index < -0.39 is 5.54 Å². The van der Waals surface area contributed by atoms with Crippen LogP contribution < -0.4 is 11.1 Å². The maximum atomic E-state index is 12.3. The van der Waals surface area contributed by atoms with Crippen LogP contribution in [0.4, 0.5) is 0 Å². The first-order chi connectivity index (χ1) is 12.2. The van der Waals surface area contributed by atoms with Crippen molar-refractivity contribution in [1.82, 2.24) is 14.9 Å². The van der Waals surface area contributed by atoms with Crippen LogP contribution in [0, 0.1) is 0 Å². The van der Waals surface area contributed by atoms with E-state index in [9.17, 15) is 4.79 Å². The molecule has 0 aliphatic heterocycles. The highest BCUT2D eigenvalue weighted by molar-refractivity contribution is 5.86. The minimum absolute atomic E-state index is 0. The molecule has 3 aromatic rings. The monoisotopic (exact) mass is 370 g/mol. The van der Waals surface area contributed by atoms with E-state index in [1.807, 2.05) is 48.8 Å². The Labute approximate surface area is 159 Å². The first-order valence-electron chi connectivity index (χ1n) is 8.74. The average molecular weight is 371 g/mol. The van der Waals surface area contributed by atoms with Gasteiger partial charge < -0.3 is 11.1 Å². The third kappa shape index (κ3) is 3.45. The van der Waals surface area contributed by atoms with Gasteiger partial charge in [-0.15, -0.1) is 12.4 Å². The lowest BCUT2D eigenvalue weighted by molar-refractivity contribution is -0.126. The number of hydrogen-bond acceptors (Lipinski definition) is 3. The van der Waals surface area contributed by atoms with Gasteiger partial charge in [0.05, 0.1) is 16.6 Å². The first-order valence-corrected chi connectivity index (χ1v) is 8.74. The lowest BCUT2D eigenvalue weighted by Crippen LogP contribution is -2.51. The number of fused-ring (bicyclic) bond motifs is 1. The highest BCUT2D eigenvalue weighted by Gasteiger charge is 2.36. The van der Waals surface area contributed by atoms with Gasteiger partial charge in [-0.1, -0.05) is 37.1 Å². The Morgan fingerprint density at radius 2 is 1.81 bits per heavy atom. The molecule has 1 saturated carbocycles. The molecule has 4 rings (SSSR count). The Morgan fingerprint density at radius 3 is 2.54 bits per heavy atom. The van der Waals surface area contributed by atoms with Crippen molar-refractivity contribution in [3.05, 3.63) is 60.4 Å². The normalized spacial score (nSPS) is 15.6. The average Bonchev–Trinajstić information content (AvgIpc) is 3.27. The second kappa shape index (κ2) is 7.48. The standard InChI is InChI=1S/C20H22N4O.ClH/c21-20(11-3-4-12-20)19(25)22-13-15-7-9-16(10-8-15)24-14-23-17-5-1-2-6-18(17)24;/h1-2,5-10,14H,3-4,11-13,21H2,(H,22,25);1H. The number of para-hydroxylation sites is 2. The fourth-order valence-electron chi connectivity index (χ4n) is 3.53. The SMILES string of the molecule is Cl.NC1(C(=O)NCc2ccc(-n3cnc4ccccc43)cc2)CCCC1. The van der Waals surface area contributed by atoms with Crippen molar-refractivity contribution in [2.45, 2.75) is 37.8 Å². The summed E-state index contributed by atoms with van der Waals surface area (Å²) < 4.78 is 2.06. The molecule has 1 fully saturated rings. The van der Waals surface area contributed by atoms with Crippen molar-refractivity contribution in [3.8, 4) is 5.69 Å². The first kappa shape index (κ1) is 18.4. The van der Waals surface area contributed by atoms with E-state index in [0.29, 0.717) is 6.54 Å². The molecule has 5 nitrogen and oxygen atoms in total. The van der Waals surface area contributed by atoms with Crippen molar-refractivity contribution in [3.63, 3.8) is 0 Å². The molecule has 0 atom stereocenters. The van der Waals surface area contributed by atoms with Gasteiger partial charge in [-0.05, 0) is 42.7 Å². The summed E-state index contributed by atoms with van der Waals surface area (Å²) in [5.74, 6) is -0.0327. The second-order valence-corrected chi connectivity index (χ2v) is 6.82. The third-order valence-electron chi connectivity index (χ3n) is 5.07. The molecule has 1 aromatic heterocycles. The summed E-state index contributed by atoms with van der Waals surface area (Å²) in [4.78, 5) is 16.7. The molecule has 0 saturated heterocycles. The molecule has 0 radical (unpaired) electrons. The number of nitrogens with zero attached hydrogens (tertiary/aromatic N) is 2. The Bertz CT molecular complexity index is 898. The number of imidazole rings is 1. The third-order valence-corrected chi connectivity index (χ3v) is 5.07. The van der Waals surface area contributed by atoms with Crippen LogP contribution in [0.15, 0.2) is 54.9 Å². The van der Waals surface area contributed by atoms with Gasteiger partial charge in [0, 0.05) is 12.2 Å². The van der Waals surface area contributed by atoms with Gasteiger partial charge in [-0.3, -0.25) is 9.36 Å². The largest absolute Gasteiger partial charge is 0.350 e. The predicted octanol–water partition coefficient (Wildman–Crippen LogP) is 3.34. The Balaban J connectivity index is 0.00000196. The molecule has 6 heteroatoms. The van der Waals surface area contributed by atoms with Crippen LogP contribution in [0.3, 0.4) is 0 Å². The molecule has 1 aliphatic rings. The lowest BCUT2D eigenvalue weighted by Gasteiger charge is -2.22. The molecule has 3 N–H and O–H groups in total. The minimum atomic E-state index is -0.671. The van der Waals surface area contributed by atoms with E-state index in [1.54, 1.807) is 0 Å².